The fraction of sp³-hybridized carbons (Fsp3) is 0.370. The van der Waals surface area contributed by atoms with Crippen LogP contribution in [-0.2, 0) is 4.74 Å². The number of carbonyl (C=O) groups excluding carboxylic acids is 1. The van der Waals surface area contributed by atoms with Gasteiger partial charge in [0.1, 0.15) is 11.7 Å². The maximum atomic E-state index is 12.6. The Balaban J connectivity index is 1.65. The highest BCUT2D eigenvalue weighted by Gasteiger charge is 2.24. The molecule has 2 aromatic heterocycles. The minimum Gasteiger partial charge on any atom is -0.491 e. The van der Waals surface area contributed by atoms with E-state index in [-0.39, 0.29) is 18.1 Å². The Kier molecular flexibility index (Phi) is 7.01. The molecule has 7 heteroatoms. The lowest BCUT2D eigenvalue weighted by Gasteiger charge is -2.27. The number of aromatic nitrogens is 2. The van der Waals surface area contributed by atoms with Gasteiger partial charge in [0, 0.05) is 18.1 Å². The molecule has 0 saturated heterocycles. The van der Waals surface area contributed by atoms with Crippen LogP contribution < -0.4 is 14.8 Å². The smallest absolute Gasteiger partial charge is 0.338 e. The molecule has 1 unspecified atom stereocenters. The third-order valence-corrected chi connectivity index (χ3v) is 5.52. The van der Waals surface area contributed by atoms with E-state index < -0.39 is 5.60 Å². The van der Waals surface area contributed by atoms with E-state index in [1.807, 2.05) is 57.2 Å². The standard InChI is InChI=1S/C27H31N3O4/c1-27(2,3)34-26(31)18-8-5-10-20(16-18)29-24(19-9-7-15-28-17-19)22-13-14-23(32-4)25(30-22)33-21-11-6-12-21/h5,7-10,13-17,21,24,29H,6,11-12H2,1-4H3. The minimum atomic E-state index is -0.567. The number of carbonyl (C=O) groups is 1. The maximum Gasteiger partial charge on any atom is 0.338 e. The molecule has 178 valence electrons. The van der Waals surface area contributed by atoms with Gasteiger partial charge < -0.3 is 19.5 Å². The molecule has 4 rings (SSSR count). The summed E-state index contributed by atoms with van der Waals surface area (Å²) in [7, 11) is 1.61. The van der Waals surface area contributed by atoms with Crippen molar-refractivity contribution in [3.8, 4) is 11.6 Å². The van der Waals surface area contributed by atoms with Gasteiger partial charge in [-0.3, -0.25) is 4.98 Å². The molecule has 1 aromatic carbocycles. The largest absolute Gasteiger partial charge is 0.491 e. The summed E-state index contributed by atoms with van der Waals surface area (Å²) in [6.45, 7) is 5.55. The molecule has 7 nitrogen and oxygen atoms in total. The Bertz CT molecular complexity index is 1120. The summed E-state index contributed by atoms with van der Waals surface area (Å²) in [6.07, 6.45) is 6.92. The summed E-state index contributed by atoms with van der Waals surface area (Å²) in [5.41, 5.74) is 2.35. The maximum absolute atomic E-state index is 12.6. The van der Waals surface area contributed by atoms with E-state index in [0.717, 1.165) is 29.8 Å². The van der Waals surface area contributed by atoms with Gasteiger partial charge in [-0.15, -0.1) is 0 Å². The fourth-order valence-electron chi connectivity index (χ4n) is 3.60. The molecule has 1 aliphatic carbocycles. The molecule has 3 aromatic rings. The quantitative estimate of drug-likeness (QED) is 0.439. The third kappa shape index (κ3) is 5.84. The van der Waals surface area contributed by atoms with Gasteiger partial charge in [0.15, 0.2) is 5.75 Å². The lowest BCUT2D eigenvalue weighted by molar-refractivity contribution is 0.00695. The monoisotopic (exact) mass is 461 g/mol. The van der Waals surface area contributed by atoms with E-state index in [1.165, 1.54) is 6.42 Å². The van der Waals surface area contributed by atoms with E-state index in [9.17, 15) is 4.79 Å². The molecule has 34 heavy (non-hydrogen) atoms. The predicted molar refractivity (Wildman–Crippen MR) is 130 cm³/mol. The molecule has 0 spiro atoms. The van der Waals surface area contributed by atoms with Crippen molar-refractivity contribution >= 4 is 11.7 Å². The summed E-state index contributed by atoms with van der Waals surface area (Å²) in [4.78, 5) is 21.7. The highest BCUT2D eigenvalue weighted by atomic mass is 16.6. The third-order valence-electron chi connectivity index (χ3n) is 5.52. The Morgan fingerprint density at radius 1 is 1.12 bits per heavy atom. The van der Waals surface area contributed by atoms with Crippen LogP contribution in [0.15, 0.2) is 60.9 Å². The molecular formula is C27H31N3O4. The molecule has 0 amide bonds. The number of esters is 1. The zero-order valence-electron chi connectivity index (χ0n) is 20.1. The number of ether oxygens (including phenoxy) is 3. The van der Waals surface area contributed by atoms with Crippen LogP contribution in [0.1, 0.15) is 67.7 Å². The average molecular weight is 462 g/mol. The van der Waals surface area contributed by atoms with E-state index >= 15 is 0 Å². The summed E-state index contributed by atoms with van der Waals surface area (Å²) >= 11 is 0. The first-order chi connectivity index (χ1) is 16.3. The van der Waals surface area contributed by atoms with Crippen LogP contribution in [0, 0.1) is 0 Å². The van der Waals surface area contributed by atoms with Gasteiger partial charge in [-0.25, -0.2) is 9.78 Å². The van der Waals surface area contributed by atoms with Gasteiger partial charge in [-0.2, -0.15) is 0 Å². The van der Waals surface area contributed by atoms with Gasteiger partial charge in [0.05, 0.1) is 24.4 Å². The molecule has 1 atom stereocenters. The first kappa shape index (κ1) is 23.5. The molecule has 1 aliphatic rings. The highest BCUT2D eigenvalue weighted by Crippen LogP contribution is 2.34. The molecule has 2 heterocycles. The molecular weight excluding hydrogens is 430 g/mol. The second-order valence-corrected chi connectivity index (χ2v) is 9.36. The van der Waals surface area contributed by atoms with Crippen molar-refractivity contribution in [2.24, 2.45) is 0 Å². The van der Waals surface area contributed by atoms with Crippen molar-refractivity contribution in [3.05, 3.63) is 77.7 Å². The number of hydrogen-bond donors (Lipinski definition) is 1. The average Bonchev–Trinajstić information content (AvgIpc) is 2.79. The van der Waals surface area contributed by atoms with Gasteiger partial charge in [0.25, 0.3) is 5.88 Å². The van der Waals surface area contributed by atoms with Crippen molar-refractivity contribution in [2.75, 3.05) is 12.4 Å². The number of pyridine rings is 2. The summed E-state index contributed by atoms with van der Waals surface area (Å²) in [5, 5.41) is 3.51. The summed E-state index contributed by atoms with van der Waals surface area (Å²) in [6, 6.07) is 14.6. The van der Waals surface area contributed by atoms with Crippen molar-refractivity contribution in [1.82, 2.24) is 9.97 Å². The Morgan fingerprint density at radius 2 is 1.94 bits per heavy atom. The lowest BCUT2D eigenvalue weighted by atomic mass is 9.96. The first-order valence-electron chi connectivity index (χ1n) is 11.5. The number of methoxy groups -OCH3 is 1. The molecule has 1 fully saturated rings. The number of anilines is 1. The zero-order chi connectivity index (χ0) is 24.1. The van der Waals surface area contributed by atoms with Crippen LogP contribution in [0.2, 0.25) is 0 Å². The van der Waals surface area contributed by atoms with Crippen LogP contribution in [0.4, 0.5) is 5.69 Å². The molecule has 0 bridgehead atoms. The topological polar surface area (TPSA) is 82.6 Å². The minimum absolute atomic E-state index is 0.173. The van der Waals surface area contributed by atoms with E-state index in [0.29, 0.717) is 17.2 Å². The summed E-state index contributed by atoms with van der Waals surface area (Å²) < 4.78 is 17.1. The van der Waals surface area contributed by atoms with E-state index in [1.54, 1.807) is 31.6 Å². The highest BCUT2D eigenvalue weighted by molar-refractivity contribution is 5.90. The second kappa shape index (κ2) is 10.1. The molecule has 1 saturated carbocycles. The van der Waals surface area contributed by atoms with Crippen molar-refractivity contribution in [3.63, 3.8) is 0 Å². The number of nitrogens with one attached hydrogen (secondary N) is 1. The van der Waals surface area contributed by atoms with Gasteiger partial charge in [0.2, 0.25) is 0 Å². The van der Waals surface area contributed by atoms with Crippen molar-refractivity contribution in [1.29, 1.82) is 0 Å². The van der Waals surface area contributed by atoms with E-state index in [2.05, 4.69) is 10.3 Å². The van der Waals surface area contributed by atoms with Crippen molar-refractivity contribution < 1.29 is 19.0 Å². The fourth-order valence-corrected chi connectivity index (χ4v) is 3.60. The van der Waals surface area contributed by atoms with Crippen LogP contribution in [0.25, 0.3) is 0 Å². The second-order valence-electron chi connectivity index (χ2n) is 9.36. The van der Waals surface area contributed by atoms with Gasteiger partial charge >= 0.3 is 5.97 Å². The lowest BCUT2D eigenvalue weighted by Crippen LogP contribution is -2.25. The number of nitrogens with zero attached hydrogens (tertiary/aromatic N) is 2. The Morgan fingerprint density at radius 3 is 2.59 bits per heavy atom. The Hall–Kier alpha value is -3.61. The summed E-state index contributed by atoms with van der Waals surface area (Å²) in [5.74, 6) is 0.725. The number of rotatable bonds is 8. The number of hydrogen-bond acceptors (Lipinski definition) is 7. The Labute approximate surface area is 200 Å². The predicted octanol–water partition coefficient (Wildman–Crippen LogP) is 5.57. The molecule has 0 radical (unpaired) electrons. The van der Waals surface area contributed by atoms with Gasteiger partial charge in [-0.05, 0) is 82.0 Å². The number of benzene rings is 1. The molecule has 1 N–H and O–H groups in total. The van der Waals surface area contributed by atoms with Crippen molar-refractivity contribution in [2.45, 2.75) is 57.8 Å². The van der Waals surface area contributed by atoms with Crippen LogP contribution in [0.3, 0.4) is 0 Å². The van der Waals surface area contributed by atoms with E-state index in [4.69, 9.17) is 19.2 Å². The first-order valence-corrected chi connectivity index (χ1v) is 11.5. The van der Waals surface area contributed by atoms with Crippen LogP contribution in [-0.4, -0.2) is 34.8 Å². The van der Waals surface area contributed by atoms with Crippen LogP contribution in [0.5, 0.6) is 11.6 Å². The zero-order valence-corrected chi connectivity index (χ0v) is 20.1. The molecule has 0 aliphatic heterocycles. The van der Waals surface area contributed by atoms with Gasteiger partial charge in [-0.1, -0.05) is 12.1 Å². The SMILES string of the molecule is COc1ccc(C(Nc2cccc(C(=O)OC(C)(C)C)c2)c2cccnc2)nc1OC1CCC1. The van der Waals surface area contributed by atoms with Crippen LogP contribution >= 0.6 is 0 Å². The normalized spacial score (nSPS) is 14.6.